The van der Waals surface area contributed by atoms with Crippen molar-refractivity contribution in [1.82, 2.24) is 0 Å². The lowest BCUT2D eigenvalue weighted by Gasteiger charge is -2.46. The summed E-state index contributed by atoms with van der Waals surface area (Å²) in [7, 11) is 0. The molecule has 1 N–H and O–H groups in total. The minimum Gasteiger partial charge on any atom is -0.367 e. The maximum atomic E-state index is 13.6. The van der Waals surface area contributed by atoms with Crippen molar-refractivity contribution < 1.29 is 4.39 Å². The topological polar surface area (TPSA) is 35.8 Å². The highest BCUT2D eigenvalue weighted by molar-refractivity contribution is 5.50. The summed E-state index contributed by atoms with van der Waals surface area (Å²) >= 11 is 0. The normalized spacial score (nSPS) is 26.2. The fourth-order valence-electron chi connectivity index (χ4n) is 3.72. The number of hydrogen-bond acceptors (Lipinski definition) is 2. The summed E-state index contributed by atoms with van der Waals surface area (Å²) in [4.78, 5) is 0. The molecule has 2 rings (SSSR count). The van der Waals surface area contributed by atoms with E-state index in [2.05, 4.69) is 32.2 Å². The standard InChI is InChI=1S/C18H25FN2/c1-13-9-14(19)11-15(10-13)21-18(12-20)8-6-5-7-16(18)17(2,3)4/h9-11,16,21H,5-8H2,1-4H3. The van der Waals surface area contributed by atoms with Crippen molar-refractivity contribution in [2.45, 2.75) is 58.9 Å². The Bertz CT molecular complexity index is 533. The van der Waals surface area contributed by atoms with Crippen LogP contribution in [-0.4, -0.2) is 5.54 Å². The van der Waals surface area contributed by atoms with Gasteiger partial charge in [-0.05, 0) is 48.9 Å². The van der Waals surface area contributed by atoms with Gasteiger partial charge in [-0.1, -0.05) is 33.6 Å². The third-order valence-electron chi connectivity index (χ3n) is 4.56. The van der Waals surface area contributed by atoms with Crippen LogP contribution in [0.25, 0.3) is 0 Å². The second kappa shape index (κ2) is 5.67. The SMILES string of the molecule is Cc1cc(F)cc(NC2(C#N)CCCCC2C(C)(C)C)c1. The predicted octanol–water partition coefficient (Wildman–Crippen LogP) is 5.04. The lowest BCUT2D eigenvalue weighted by atomic mass is 9.62. The fourth-order valence-corrected chi connectivity index (χ4v) is 3.72. The van der Waals surface area contributed by atoms with Crippen LogP contribution in [0.15, 0.2) is 18.2 Å². The molecule has 3 heteroatoms. The first-order valence-corrected chi connectivity index (χ1v) is 7.73. The average Bonchev–Trinajstić information content (AvgIpc) is 2.36. The summed E-state index contributed by atoms with van der Waals surface area (Å²) in [5.74, 6) is 0.000955. The van der Waals surface area contributed by atoms with Crippen molar-refractivity contribution in [2.75, 3.05) is 5.32 Å². The number of nitriles is 1. The molecule has 2 nitrogen and oxygen atoms in total. The third kappa shape index (κ3) is 3.37. The minimum absolute atomic E-state index is 0.0471. The summed E-state index contributed by atoms with van der Waals surface area (Å²) in [6.07, 6.45) is 4.07. The van der Waals surface area contributed by atoms with Gasteiger partial charge in [0.05, 0.1) is 6.07 Å². The van der Waals surface area contributed by atoms with Crippen LogP contribution in [0.4, 0.5) is 10.1 Å². The van der Waals surface area contributed by atoms with Gasteiger partial charge in [0.25, 0.3) is 0 Å². The number of nitrogens with one attached hydrogen (secondary N) is 1. The molecule has 0 aromatic heterocycles. The second-order valence-electron chi connectivity index (χ2n) is 7.39. The Balaban J connectivity index is 2.37. The van der Waals surface area contributed by atoms with E-state index in [0.717, 1.165) is 31.2 Å². The number of anilines is 1. The molecule has 114 valence electrons. The van der Waals surface area contributed by atoms with Crippen molar-refractivity contribution in [1.29, 1.82) is 5.26 Å². The van der Waals surface area contributed by atoms with E-state index in [1.165, 1.54) is 12.1 Å². The Morgan fingerprint density at radius 3 is 2.57 bits per heavy atom. The van der Waals surface area contributed by atoms with Crippen LogP contribution in [-0.2, 0) is 0 Å². The molecule has 1 aliphatic rings. The number of aryl methyl sites for hydroxylation is 1. The third-order valence-corrected chi connectivity index (χ3v) is 4.56. The smallest absolute Gasteiger partial charge is 0.128 e. The van der Waals surface area contributed by atoms with Gasteiger partial charge in [0, 0.05) is 11.6 Å². The highest BCUT2D eigenvalue weighted by Gasteiger charge is 2.46. The van der Waals surface area contributed by atoms with Crippen LogP contribution in [0.2, 0.25) is 0 Å². The summed E-state index contributed by atoms with van der Waals surface area (Å²) in [6.45, 7) is 8.43. The zero-order chi connectivity index (χ0) is 15.7. The van der Waals surface area contributed by atoms with E-state index < -0.39 is 5.54 Å². The lowest BCUT2D eigenvalue weighted by molar-refractivity contribution is 0.127. The van der Waals surface area contributed by atoms with Gasteiger partial charge in [-0.15, -0.1) is 0 Å². The van der Waals surface area contributed by atoms with Crippen molar-refractivity contribution in [3.63, 3.8) is 0 Å². The first-order chi connectivity index (χ1) is 9.77. The van der Waals surface area contributed by atoms with Crippen LogP contribution in [0.5, 0.6) is 0 Å². The molecule has 1 saturated carbocycles. The quantitative estimate of drug-likeness (QED) is 0.827. The van der Waals surface area contributed by atoms with E-state index in [9.17, 15) is 9.65 Å². The lowest BCUT2D eigenvalue weighted by Crippen LogP contribution is -2.51. The van der Waals surface area contributed by atoms with Crippen molar-refractivity contribution >= 4 is 5.69 Å². The number of benzene rings is 1. The van der Waals surface area contributed by atoms with Crippen LogP contribution < -0.4 is 5.32 Å². The number of hydrogen-bond donors (Lipinski definition) is 1. The van der Waals surface area contributed by atoms with Crippen LogP contribution >= 0.6 is 0 Å². The van der Waals surface area contributed by atoms with Crippen LogP contribution in [0.3, 0.4) is 0 Å². The number of rotatable bonds is 2. The Labute approximate surface area is 127 Å². The second-order valence-corrected chi connectivity index (χ2v) is 7.39. The van der Waals surface area contributed by atoms with Gasteiger partial charge in [-0.3, -0.25) is 0 Å². The largest absolute Gasteiger partial charge is 0.367 e. The maximum Gasteiger partial charge on any atom is 0.128 e. The molecule has 1 aliphatic carbocycles. The molecule has 0 heterocycles. The summed E-state index contributed by atoms with van der Waals surface area (Å²) in [6, 6.07) is 7.43. The Hall–Kier alpha value is -1.56. The van der Waals surface area contributed by atoms with E-state index in [1.807, 2.05) is 13.0 Å². The molecule has 0 aliphatic heterocycles. The van der Waals surface area contributed by atoms with E-state index in [0.29, 0.717) is 5.69 Å². The first-order valence-electron chi connectivity index (χ1n) is 7.73. The van der Waals surface area contributed by atoms with Gasteiger partial charge in [-0.25, -0.2) is 4.39 Å². The Morgan fingerprint density at radius 2 is 2.00 bits per heavy atom. The molecule has 0 bridgehead atoms. The van der Waals surface area contributed by atoms with Crippen molar-refractivity contribution in [2.24, 2.45) is 11.3 Å². The molecule has 21 heavy (non-hydrogen) atoms. The monoisotopic (exact) mass is 288 g/mol. The molecular formula is C18H25FN2. The maximum absolute atomic E-state index is 13.6. The van der Waals surface area contributed by atoms with Gasteiger partial charge in [0.15, 0.2) is 0 Å². The molecule has 0 spiro atoms. The van der Waals surface area contributed by atoms with E-state index in [4.69, 9.17) is 0 Å². The Morgan fingerprint density at radius 1 is 1.29 bits per heavy atom. The van der Waals surface area contributed by atoms with E-state index >= 15 is 0 Å². The zero-order valence-corrected chi connectivity index (χ0v) is 13.5. The molecule has 2 unspecified atom stereocenters. The minimum atomic E-state index is -0.600. The molecule has 0 radical (unpaired) electrons. The molecule has 0 amide bonds. The molecule has 1 aromatic carbocycles. The summed E-state index contributed by atoms with van der Waals surface area (Å²) in [5, 5.41) is 13.3. The highest BCUT2D eigenvalue weighted by atomic mass is 19.1. The molecule has 1 fully saturated rings. The summed E-state index contributed by atoms with van der Waals surface area (Å²) < 4.78 is 13.6. The Kier molecular flexibility index (Phi) is 4.27. The predicted molar refractivity (Wildman–Crippen MR) is 84.5 cm³/mol. The fraction of sp³-hybridized carbons (Fsp3) is 0.611. The first kappa shape index (κ1) is 15.8. The number of nitrogens with zero attached hydrogens (tertiary/aromatic N) is 1. The molecular weight excluding hydrogens is 263 g/mol. The van der Waals surface area contributed by atoms with Crippen LogP contribution in [0.1, 0.15) is 52.0 Å². The molecule has 0 saturated heterocycles. The van der Waals surface area contributed by atoms with Gasteiger partial charge in [0.1, 0.15) is 11.4 Å². The van der Waals surface area contributed by atoms with Crippen LogP contribution in [0, 0.1) is 35.4 Å². The molecule has 2 atom stereocenters. The van der Waals surface area contributed by atoms with Crippen molar-refractivity contribution in [3.05, 3.63) is 29.6 Å². The zero-order valence-electron chi connectivity index (χ0n) is 13.5. The molecule has 1 aromatic rings. The highest BCUT2D eigenvalue weighted by Crippen LogP contribution is 2.45. The van der Waals surface area contributed by atoms with Gasteiger partial charge >= 0.3 is 0 Å². The van der Waals surface area contributed by atoms with Gasteiger partial charge < -0.3 is 5.32 Å². The number of halogens is 1. The van der Waals surface area contributed by atoms with E-state index in [1.54, 1.807) is 0 Å². The van der Waals surface area contributed by atoms with E-state index in [-0.39, 0.29) is 17.2 Å². The average molecular weight is 288 g/mol. The summed E-state index contributed by atoms with van der Waals surface area (Å²) in [5.41, 5.74) is 1.03. The van der Waals surface area contributed by atoms with Crippen molar-refractivity contribution in [3.8, 4) is 6.07 Å². The van der Waals surface area contributed by atoms with Gasteiger partial charge in [0.2, 0.25) is 0 Å². The van der Waals surface area contributed by atoms with Gasteiger partial charge in [-0.2, -0.15) is 5.26 Å².